The summed E-state index contributed by atoms with van der Waals surface area (Å²) in [5, 5.41) is 23.9. The zero-order chi connectivity index (χ0) is 23.9. The summed E-state index contributed by atoms with van der Waals surface area (Å²) >= 11 is 0. The zero-order valence-electron chi connectivity index (χ0n) is 19.3. The highest BCUT2D eigenvalue weighted by atomic mass is 16.6. The molecular weight excluding hydrogens is 430 g/mol. The van der Waals surface area contributed by atoms with E-state index in [1.165, 1.54) is 0 Å². The third-order valence-corrected chi connectivity index (χ3v) is 7.99. The fourth-order valence-electron chi connectivity index (χ4n) is 6.21. The summed E-state index contributed by atoms with van der Waals surface area (Å²) in [5.41, 5.74) is 2.85. The van der Waals surface area contributed by atoms with Gasteiger partial charge in [0, 0.05) is 48.0 Å². The lowest BCUT2D eigenvalue weighted by atomic mass is 9.71. The van der Waals surface area contributed by atoms with Crippen molar-refractivity contribution >= 4 is 16.6 Å². The molecule has 2 bridgehead atoms. The lowest BCUT2D eigenvalue weighted by Crippen LogP contribution is -2.67. The van der Waals surface area contributed by atoms with Crippen molar-refractivity contribution in [3.8, 4) is 5.75 Å². The number of methoxy groups -OCH3 is 1. The van der Waals surface area contributed by atoms with E-state index in [0.29, 0.717) is 11.8 Å². The molecule has 176 valence electrons. The second-order valence-electron chi connectivity index (χ2n) is 9.69. The van der Waals surface area contributed by atoms with E-state index < -0.39 is 6.10 Å². The number of benzene rings is 2. The van der Waals surface area contributed by atoms with Crippen LogP contribution in [0.15, 0.2) is 67.4 Å². The van der Waals surface area contributed by atoms with Gasteiger partial charge in [-0.15, -0.1) is 6.58 Å². The van der Waals surface area contributed by atoms with Gasteiger partial charge in [0.05, 0.1) is 30.6 Å². The maximum absolute atomic E-state index is 11.8. The van der Waals surface area contributed by atoms with Crippen molar-refractivity contribution in [2.75, 3.05) is 20.2 Å². The average Bonchev–Trinajstić information content (AvgIpc) is 2.87. The molecule has 3 unspecified atom stereocenters. The first-order chi connectivity index (χ1) is 16.4. The van der Waals surface area contributed by atoms with Crippen molar-refractivity contribution in [1.82, 2.24) is 4.98 Å². The SMILES string of the molecule is C=CC1C[N+]2(Cc3ccc([N+](=O)[O-])cc3)CCC1C[C@H]2[C@H](O)c1ccnc2ccc(OC)cc12. The van der Waals surface area contributed by atoms with Gasteiger partial charge in [-0.05, 0) is 47.9 Å². The number of aliphatic hydroxyl groups is 1. The van der Waals surface area contributed by atoms with Gasteiger partial charge in [-0.2, -0.15) is 0 Å². The van der Waals surface area contributed by atoms with Crippen LogP contribution in [-0.2, 0) is 6.54 Å². The molecule has 4 heterocycles. The Labute approximate surface area is 199 Å². The smallest absolute Gasteiger partial charge is 0.269 e. The highest BCUT2D eigenvalue weighted by Crippen LogP contribution is 2.48. The molecule has 1 aromatic heterocycles. The van der Waals surface area contributed by atoms with Crippen molar-refractivity contribution in [2.45, 2.75) is 31.5 Å². The van der Waals surface area contributed by atoms with Crippen LogP contribution in [-0.4, -0.2) is 45.7 Å². The molecule has 3 saturated heterocycles. The molecule has 0 amide bonds. The Hall–Kier alpha value is -3.29. The monoisotopic (exact) mass is 460 g/mol. The second-order valence-corrected chi connectivity index (χ2v) is 9.69. The van der Waals surface area contributed by atoms with E-state index in [1.54, 1.807) is 25.4 Å². The molecule has 0 saturated carbocycles. The van der Waals surface area contributed by atoms with Crippen LogP contribution in [0.1, 0.15) is 30.1 Å². The molecule has 1 N–H and O–H groups in total. The van der Waals surface area contributed by atoms with Gasteiger partial charge in [0.15, 0.2) is 0 Å². The minimum absolute atomic E-state index is 0.0157. The molecule has 6 rings (SSSR count). The Balaban J connectivity index is 1.53. The second kappa shape index (κ2) is 8.81. The minimum Gasteiger partial charge on any atom is -0.497 e. The van der Waals surface area contributed by atoms with E-state index in [2.05, 4.69) is 17.6 Å². The number of non-ortho nitro benzene ring substituents is 1. The highest BCUT2D eigenvalue weighted by molar-refractivity contribution is 5.83. The Morgan fingerprint density at radius 3 is 2.79 bits per heavy atom. The summed E-state index contributed by atoms with van der Waals surface area (Å²) in [6.07, 6.45) is 5.18. The standard InChI is InChI=1S/C27H30N3O4/c1-3-19-17-30(16-18-4-6-21(7-5-18)29(32)33)13-11-20(19)14-26(30)27(31)23-10-12-28-25-9-8-22(34-2)15-24(23)25/h3-10,12,15,19-20,26-27,31H,1,11,13-14,16-17H2,2H3/q+1/t19?,20?,26-,27+,30?/m0/s1. The van der Waals surface area contributed by atoms with Crippen LogP contribution in [0.25, 0.3) is 10.9 Å². The van der Waals surface area contributed by atoms with Gasteiger partial charge in [0.1, 0.15) is 24.4 Å². The Bertz CT molecular complexity index is 1230. The number of hydrogen-bond acceptors (Lipinski definition) is 5. The van der Waals surface area contributed by atoms with Crippen LogP contribution in [0.3, 0.4) is 0 Å². The maximum Gasteiger partial charge on any atom is 0.269 e. The first-order valence-electron chi connectivity index (χ1n) is 11.8. The van der Waals surface area contributed by atoms with Gasteiger partial charge in [0.2, 0.25) is 0 Å². The zero-order valence-corrected chi connectivity index (χ0v) is 19.3. The van der Waals surface area contributed by atoms with Crippen LogP contribution >= 0.6 is 0 Å². The van der Waals surface area contributed by atoms with Gasteiger partial charge in [-0.3, -0.25) is 15.1 Å². The van der Waals surface area contributed by atoms with Crippen LogP contribution in [0.2, 0.25) is 0 Å². The number of quaternary nitrogens is 1. The molecule has 34 heavy (non-hydrogen) atoms. The largest absolute Gasteiger partial charge is 0.497 e. The van der Waals surface area contributed by atoms with Gasteiger partial charge in [-0.25, -0.2) is 0 Å². The molecule has 7 nitrogen and oxygen atoms in total. The first-order valence-corrected chi connectivity index (χ1v) is 11.8. The predicted octanol–water partition coefficient (Wildman–Crippen LogP) is 4.80. The number of hydrogen-bond donors (Lipinski definition) is 1. The van der Waals surface area contributed by atoms with Crippen molar-refractivity contribution in [3.63, 3.8) is 0 Å². The number of piperidine rings is 3. The van der Waals surface area contributed by atoms with Crippen molar-refractivity contribution in [2.24, 2.45) is 11.8 Å². The fourth-order valence-corrected chi connectivity index (χ4v) is 6.21. The van der Waals surface area contributed by atoms with E-state index in [1.807, 2.05) is 36.4 Å². The number of nitro benzene ring substituents is 1. The molecule has 3 aliphatic heterocycles. The molecular formula is C27H30N3O4+. The first kappa shape index (κ1) is 22.5. The third-order valence-electron chi connectivity index (χ3n) is 7.99. The van der Waals surface area contributed by atoms with E-state index in [9.17, 15) is 15.2 Å². The lowest BCUT2D eigenvalue weighted by Gasteiger charge is -2.58. The van der Waals surface area contributed by atoms with Crippen LogP contribution in [0, 0.1) is 22.0 Å². The molecule has 3 aromatic rings. The van der Waals surface area contributed by atoms with Gasteiger partial charge in [0.25, 0.3) is 5.69 Å². The number of aliphatic hydroxyl groups excluding tert-OH is 1. The quantitative estimate of drug-likeness (QED) is 0.237. The van der Waals surface area contributed by atoms with Crippen molar-refractivity contribution in [3.05, 3.63) is 88.6 Å². The lowest BCUT2D eigenvalue weighted by molar-refractivity contribution is -0.984. The summed E-state index contributed by atoms with van der Waals surface area (Å²) in [5.74, 6) is 1.65. The predicted molar refractivity (Wildman–Crippen MR) is 130 cm³/mol. The molecule has 5 atom stereocenters. The number of nitro groups is 1. The Kier molecular flexibility index (Phi) is 5.83. The van der Waals surface area contributed by atoms with E-state index in [0.717, 1.165) is 64.7 Å². The van der Waals surface area contributed by atoms with Crippen LogP contribution in [0.5, 0.6) is 5.75 Å². The number of pyridine rings is 1. The molecule has 0 aliphatic carbocycles. The summed E-state index contributed by atoms with van der Waals surface area (Å²) in [6, 6.07) is 14.5. The summed E-state index contributed by atoms with van der Waals surface area (Å²) in [4.78, 5) is 15.2. The van der Waals surface area contributed by atoms with E-state index >= 15 is 0 Å². The molecule has 0 spiro atoms. The normalized spacial score (nSPS) is 26.8. The van der Waals surface area contributed by atoms with Crippen molar-refractivity contribution < 1.29 is 19.2 Å². The number of ether oxygens (including phenoxy) is 1. The molecule has 0 radical (unpaired) electrons. The molecule has 2 aromatic carbocycles. The highest BCUT2D eigenvalue weighted by Gasteiger charge is 2.54. The maximum atomic E-state index is 11.8. The Morgan fingerprint density at radius 1 is 1.29 bits per heavy atom. The summed E-state index contributed by atoms with van der Waals surface area (Å²) in [7, 11) is 1.64. The fraction of sp³-hybridized carbons (Fsp3) is 0.370. The van der Waals surface area contributed by atoms with E-state index in [4.69, 9.17) is 4.74 Å². The minimum atomic E-state index is -0.663. The van der Waals surface area contributed by atoms with Gasteiger partial charge >= 0.3 is 0 Å². The van der Waals surface area contributed by atoms with Gasteiger partial charge < -0.3 is 14.3 Å². The molecule has 3 aliphatic rings. The topological polar surface area (TPSA) is 85.5 Å². The third kappa shape index (κ3) is 3.85. The molecule has 7 heteroatoms. The average molecular weight is 461 g/mol. The van der Waals surface area contributed by atoms with Crippen LogP contribution in [0.4, 0.5) is 5.69 Å². The number of aromatic nitrogens is 1. The van der Waals surface area contributed by atoms with E-state index in [-0.39, 0.29) is 16.7 Å². The number of nitrogens with zero attached hydrogens (tertiary/aromatic N) is 3. The number of fused-ring (bicyclic) bond motifs is 4. The summed E-state index contributed by atoms with van der Waals surface area (Å²) in [6.45, 7) is 6.70. The van der Waals surface area contributed by atoms with Crippen LogP contribution < -0.4 is 4.74 Å². The Morgan fingerprint density at radius 2 is 2.09 bits per heavy atom. The van der Waals surface area contributed by atoms with Gasteiger partial charge in [-0.1, -0.05) is 6.08 Å². The summed E-state index contributed by atoms with van der Waals surface area (Å²) < 4.78 is 6.18. The number of rotatable bonds is 7. The molecule has 3 fully saturated rings. The van der Waals surface area contributed by atoms with Crippen molar-refractivity contribution in [1.29, 1.82) is 0 Å².